The van der Waals surface area contributed by atoms with Gasteiger partial charge in [0.25, 0.3) is 4.86 Å². The number of nitrogens with zero attached hydrogens (tertiary/aromatic N) is 1. The molecule has 0 amide bonds. The number of ether oxygens (including phenoxy) is 1. The molecule has 2 rings (SSSR count). The predicted molar refractivity (Wildman–Crippen MR) is 54.9 cm³/mol. The lowest BCUT2D eigenvalue weighted by molar-refractivity contribution is 0.00683. The summed E-state index contributed by atoms with van der Waals surface area (Å²) in [6.45, 7) is 0. The van der Waals surface area contributed by atoms with Crippen LogP contribution in [0.2, 0.25) is 0 Å². The average molecular weight is 211 g/mol. The van der Waals surface area contributed by atoms with Gasteiger partial charge in [-0.15, -0.1) is 0 Å². The van der Waals surface area contributed by atoms with Crippen LogP contribution in [-0.2, 0) is 16.4 Å². The monoisotopic (exact) mass is 211 g/mol. The second-order valence-corrected chi connectivity index (χ2v) is 3.49. The van der Waals surface area contributed by atoms with Gasteiger partial charge in [0.1, 0.15) is 17.3 Å². The van der Waals surface area contributed by atoms with Crippen LogP contribution in [0, 0.1) is 0 Å². The molecule has 0 aromatic heterocycles. The number of methoxy groups -OCH3 is 1. The van der Waals surface area contributed by atoms with Crippen molar-refractivity contribution in [1.82, 2.24) is 0 Å². The molecule has 0 saturated heterocycles. The maximum atomic E-state index is 9.36. The van der Waals surface area contributed by atoms with Crippen LogP contribution in [-0.4, -0.2) is 23.4 Å². The van der Waals surface area contributed by atoms with Gasteiger partial charge >= 0.3 is 0 Å². The summed E-state index contributed by atoms with van der Waals surface area (Å²) in [6.07, 6.45) is -0.937. The standard InChI is InChI=1S/C9H9NO3S/c1-12-7-4-2-6(3-5-7)8-9(11)13-10-14-8/h2-5,9,11H,1H3. The molecule has 0 radical (unpaired) electrons. The van der Waals surface area contributed by atoms with Gasteiger partial charge in [-0.2, -0.15) is 0 Å². The highest BCUT2D eigenvalue weighted by atomic mass is 32.1. The fraction of sp³-hybridized carbons (Fsp3) is 0.222. The summed E-state index contributed by atoms with van der Waals surface area (Å²) in [4.78, 5) is 8.92. The third kappa shape index (κ3) is 1.76. The number of aliphatic hydroxyl groups is 1. The van der Waals surface area contributed by atoms with E-state index in [-0.39, 0.29) is 0 Å². The minimum atomic E-state index is -0.937. The van der Waals surface area contributed by atoms with Gasteiger partial charge < -0.3 is 14.7 Å². The molecule has 1 heterocycles. The summed E-state index contributed by atoms with van der Waals surface area (Å²) in [5.41, 5.74) is 0.893. The zero-order valence-electron chi connectivity index (χ0n) is 7.51. The van der Waals surface area contributed by atoms with Crippen LogP contribution in [0.25, 0.3) is 4.89 Å². The molecule has 14 heavy (non-hydrogen) atoms. The van der Waals surface area contributed by atoms with E-state index in [0.717, 1.165) is 22.8 Å². The van der Waals surface area contributed by atoms with E-state index in [1.807, 2.05) is 24.3 Å². The van der Waals surface area contributed by atoms with E-state index >= 15 is 0 Å². The number of rotatable bonds is 2. The molecule has 1 unspecified atom stereocenters. The summed E-state index contributed by atoms with van der Waals surface area (Å²) in [5.74, 6) is 0.782. The Balaban J connectivity index is 2.24. The zero-order valence-corrected chi connectivity index (χ0v) is 8.32. The van der Waals surface area contributed by atoms with Crippen LogP contribution in [0.15, 0.2) is 24.3 Å². The van der Waals surface area contributed by atoms with Crippen molar-refractivity contribution in [3.8, 4) is 5.75 Å². The van der Waals surface area contributed by atoms with Crippen LogP contribution >= 0.6 is 0 Å². The molecule has 1 aromatic carbocycles. The van der Waals surface area contributed by atoms with Crippen LogP contribution in [0.5, 0.6) is 5.75 Å². The fourth-order valence-electron chi connectivity index (χ4n) is 1.15. The Hall–Kier alpha value is -1.01. The molecule has 0 saturated carbocycles. The van der Waals surface area contributed by atoms with Crippen molar-refractivity contribution in [2.75, 3.05) is 7.11 Å². The van der Waals surface area contributed by atoms with Gasteiger partial charge in [0.15, 0.2) is 0 Å². The first-order valence-corrected chi connectivity index (χ1v) is 4.81. The van der Waals surface area contributed by atoms with Crippen LogP contribution in [0.1, 0.15) is 5.56 Å². The van der Waals surface area contributed by atoms with E-state index in [1.54, 1.807) is 7.11 Å². The van der Waals surface area contributed by atoms with Crippen molar-refractivity contribution in [2.45, 2.75) is 6.29 Å². The summed E-state index contributed by atoms with van der Waals surface area (Å²) >= 11 is 1.15. The normalized spacial score (nSPS) is 20.7. The first-order valence-electron chi connectivity index (χ1n) is 4.04. The van der Waals surface area contributed by atoms with E-state index in [4.69, 9.17) is 4.74 Å². The van der Waals surface area contributed by atoms with E-state index in [9.17, 15) is 5.11 Å². The second kappa shape index (κ2) is 4.02. The maximum Gasteiger partial charge on any atom is 0.251 e. The molecule has 4 nitrogen and oxygen atoms in total. The van der Waals surface area contributed by atoms with Gasteiger partial charge in [-0.05, 0) is 24.3 Å². The van der Waals surface area contributed by atoms with Crippen LogP contribution in [0.3, 0.4) is 0 Å². The molecule has 5 heteroatoms. The van der Waals surface area contributed by atoms with Crippen LogP contribution in [0.4, 0.5) is 0 Å². The minimum Gasteiger partial charge on any atom is -0.497 e. The van der Waals surface area contributed by atoms with E-state index in [1.165, 1.54) is 0 Å². The van der Waals surface area contributed by atoms with Crippen molar-refractivity contribution in [3.63, 3.8) is 0 Å². The van der Waals surface area contributed by atoms with Crippen molar-refractivity contribution >= 4 is 16.4 Å². The highest BCUT2D eigenvalue weighted by molar-refractivity contribution is 7.82. The maximum absolute atomic E-state index is 9.36. The highest BCUT2D eigenvalue weighted by Gasteiger charge is 2.24. The molecule has 1 N–H and O–H groups in total. The van der Waals surface area contributed by atoms with E-state index in [2.05, 4.69) is 9.72 Å². The SMILES string of the molecule is COc1ccc(C2=[S+][N-]OC2O)cc1. The van der Waals surface area contributed by atoms with Crippen molar-refractivity contribution in [2.24, 2.45) is 0 Å². The molecule has 0 aliphatic carbocycles. The van der Waals surface area contributed by atoms with Crippen molar-refractivity contribution in [1.29, 1.82) is 0 Å². The molecule has 0 bridgehead atoms. The Bertz CT molecular complexity index is 350. The summed E-state index contributed by atoms with van der Waals surface area (Å²) in [5, 5.41) is 9.36. The number of hydrogen-bond acceptors (Lipinski definition) is 3. The first kappa shape index (κ1) is 9.54. The summed E-state index contributed by atoms with van der Waals surface area (Å²) < 4.78 is 5.03. The van der Waals surface area contributed by atoms with E-state index in [0.29, 0.717) is 4.86 Å². The Labute approximate surface area is 85.5 Å². The molecular formula is C9H9NO3S. The number of hydrogen-bond donors (Lipinski definition) is 1. The van der Waals surface area contributed by atoms with Crippen LogP contribution < -0.4 is 4.74 Å². The lowest BCUT2D eigenvalue weighted by Crippen LogP contribution is -2.18. The Morgan fingerprint density at radius 1 is 1.43 bits per heavy atom. The average Bonchev–Trinajstić information content (AvgIpc) is 2.65. The molecule has 1 aliphatic heterocycles. The minimum absolute atomic E-state index is 0.702. The Morgan fingerprint density at radius 2 is 2.14 bits per heavy atom. The van der Waals surface area contributed by atoms with Crippen molar-refractivity contribution < 1.29 is 14.7 Å². The highest BCUT2D eigenvalue weighted by Crippen LogP contribution is 2.17. The Morgan fingerprint density at radius 3 is 2.64 bits per heavy atom. The smallest absolute Gasteiger partial charge is 0.251 e. The van der Waals surface area contributed by atoms with Gasteiger partial charge in [0.05, 0.1) is 7.11 Å². The van der Waals surface area contributed by atoms with Gasteiger partial charge in [-0.1, -0.05) is 0 Å². The molecule has 1 atom stereocenters. The third-order valence-electron chi connectivity index (χ3n) is 1.88. The van der Waals surface area contributed by atoms with Gasteiger partial charge in [0.2, 0.25) is 6.29 Å². The third-order valence-corrected chi connectivity index (χ3v) is 2.67. The zero-order chi connectivity index (χ0) is 9.97. The number of aliphatic hydroxyl groups excluding tert-OH is 1. The predicted octanol–water partition coefficient (Wildman–Crippen LogP) is 0.851. The fourth-order valence-corrected chi connectivity index (χ4v) is 1.73. The molecule has 1 aromatic rings. The molecule has 0 fully saturated rings. The van der Waals surface area contributed by atoms with E-state index < -0.39 is 6.29 Å². The second-order valence-electron chi connectivity index (χ2n) is 2.72. The largest absolute Gasteiger partial charge is 0.497 e. The molecule has 0 spiro atoms. The van der Waals surface area contributed by atoms with Crippen molar-refractivity contribution in [3.05, 3.63) is 34.7 Å². The van der Waals surface area contributed by atoms with Gasteiger partial charge in [-0.3, -0.25) is 0 Å². The lowest BCUT2D eigenvalue weighted by atomic mass is 10.1. The van der Waals surface area contributed by atoms with Gasteiger partial charge in [-0.25, -0.2) is 4.89 Å². The van der Waals surface area contributed by atoms with Gasteiger partial charge in [0, 0.05) is 5.56 Å². The summed E-state index contributed by atoms with van der Waals surface area (Å²) in [7, 11) is 1.61. The Kier molecular flexibility index (Phi) is 2.74. The lowest BCUT2D eigenvalue weighted by Gasteiger charge is -2.04. The number of benzene rings is 1. The molecule has 1 aliphatic rings. The topological polar surface area (TPSA) is 52.8 Å². The quantitative estimate of drug-likeness (QED) is 0.448. The molecule has 74 valence electrons. The first-order chi connectivity index (χ1) is 6.81. The summed E-state index contributed by atoms with van der Waals surface area (Å²) in [6, 6.07) is 7.37. The molecular weight excluding hydrogens is 202 g/mol.